The molecule has 1 aromatic rings. The van der Waals surface area contributed by atoms with Gasteiger partial charge in [-0.2, -0.15) is 0 Å². The molecule has 3 nitrogen and oxygen atoms in total. The number of aliphatic hydroxyl groups is 1. The molecule has 2 atom stereocenters. The van der Waals surface area contributed by atoms with E-state index in [9.17, 15) is 5.11 Å². The first-order chi connectivity index (χ1) is 8.47. The van der Waals surface area contributed by atoms with Gasteiger partial charge in [0.1, 0.15) is 0 Å². The fourth-order valence-corrected chi connectivity index (χ4v) is 2.98. The Labute approximate surface area is 110 Å². The van der Waals surface area contributed by atoms with Gasteiger partial charge in [-0.25, -0.2) is 0 Å². The molecule has 100 valence electrons. The van der Waals surface area contributed by atoms with Crippen molar-refractivity contribution in [1.82, 2.24) is 5.32 Å². The minimum absolute atomic E-state index is 0.296. The van der Waals surface area contributed by atoms with Crippen LogP contribution in [0.5, 0.6) is 0 Å². The van der Waals surface area contributed by atoms with Crippen molar-refractivity contribution in [3.05, 3.63) is 28.8 Å². The Balaban J connectivity index is 2.34. The maximum atomic E-state index is 9.97. The minimum atomic E-state index is -0.296. The van der Waals surface area contributed by atoms with Crippen LogP contribution in [0.3, 0.4) is 0 Å². The molecule has 1 aliphatic heterocycles. The molecule has 0 aromatic heterocycles. The van der Waals surface area contributed by atoms with Crippen LogP contribution in [0.1, 0.15) is 23.6 Å². The van der Waals surface area contributed by atoms with Gasteiger partial charge in [0.15, 0.2) is 0 Å². The Kier molecular flexibility index (Phi) is 3.93. The summed E-state index contributed by atoms with van der Waals surface area (Å²) in [6, 6.07) is 4.84. The zero-order chi connectivity index (χ0) is 13.3. The van der Waals surface area contributed by atoms with E-state index in [4.69, 9.17) is 0 Å². The SMILES string of the molecule is Cc1cc(C)c(N2CC(O)CNC(C)C2)c(C)c1. The molecule has 0 aliphatic carbocycles. The predicted octanol–water partition coefficient (Wildman–Crippen LogP) is 1.77. The predicted molar refractivity (Wildman–Crippen MR) is 76.3 cm³/mol. The zero-order valence-electron chi connectivity index (χ0n) is 11.8. The number of benzene rings is 1. The molecule has 2 N–H and O–H groups in total. The number of β-amino-alcohol motifs (C(OH)–C–C–N with tert-alkyl or cyclic N) is 1. The quantitative estimate of drug-likeness (QED) is 0.795. The second-order valence-electron chi connectivity index (χ2n) is 5.62. The molecule has 0 amide bonds. The summed E-state index contributed by atoms with van der Waals surface area (Å²) >= 11 is 0. The van der Waals surface area contributed by atoms with Crippen molar-refractivity contribution in [1.29, 1.82) is 0 Å². The van der Waals surface area contributed by atoms with Crippen LogP contribution in [-0.4, -0.2) is 36.9 Å². The average Bonchev–Trinajstić information content (AvgIpc) is 2.39. The summed E-state index contributed by atoms with van der Waals surface area (Å²) in [5.74, 6) is 0. The van der Waals surface area contributed by atoms with Gasteiger partial charge < -0.3 is 15.3 Å². The lowest BCUT2D eigenvalue weighted by Gasteiger charge is -2.29. The molecule has 1 aromatic carbocycles. The largest absolute Gasteiger partial charge is 0.390 e. The third kappa shape index (κ3) is 2.85. The van der Waals surface area contributed by atoms with Gasteiger partial charge in [0.05, 0.1) is 6.10 Å². The summed E-state index contributed by atoms with van der Waals surface area (Å²) in [5.41, 5.74) is 5.19. The molecule has 3 heteroatoms. The van der Waals surface area contributed by atoms with E-state index in [-0.39, 0.29) is 6.10 Å². The van der Waals surface area contributed by atoms with Crippen LogP contribution in [0, 0.1) is 20.8 Å². The Morgan fingerprint density at radius 1 is 1.17 bits per heavy atom. The molecular formula is C15H24N2O. The molecular weight excluding hydrogens is 224 g/mol. The van der Waals surface area contributed by atoms with Crippen molar-refractivity contribution in [2.75, 3.05) is 24.5 Å². The first-order valence-electron chi connectivity index (χ1n) is 6.71. The van der Waals surface area contributed by atoms with E-state index in [2.05, 4.69) is 50.0 Å². The number of hydrogen-bond donors (Lipinski definition) is 2. The maximum Gasteiger partial charge on any atom is 0.0839 e. The second-order valence-corrected chi connectivity index (χ2v) is 5.62. The van der Waals surface area contributed by atoms with Crippen molar-refractivity contribution in [3.63, 3.8) is 0 Å². The molecule has 1 saturated heterocycles. The molecule has 0 bridgehead atoms. The van der Waals surface area contributed by atoms with E-state index in [0.717, 1.165) is 6.54 Å². The number of aryl methyl sites for hydroxylation is 3. The van der Waals surface area contributed by atoms with Crippen LogP contribution in [-0.2, 0) is 0 Å². The summed E-state index contributed by atoms with van der Waals surface area (Å²) in [7, 11) is 0. The Hall–Kier alpha value is -1.06. The molecule has 1 fully saturated rings. The molecule has 18 heavy (non-hydrogen) atoms. The van der Waals surface area contributed by atoms with Crippen LogP contribution in [0.25, 0.3) is 0 Å². The Morgan fingerprint density at radius 2 is 1.78 bits per heavy atom. The molecule has 1 aliphatic rings. The van der Waals surface area contributed by atoms with Crippen molar-refractivity contribution < 1.29 is 5.11 Å². The number of aliphatic hydroxyl groups excluding tert-OH is 1. The average molecular weight is 248 g/mol. The number of nitrogens with zero attached hydrogens (tertiary/aromatic N) is 1. The van der Waals surface area contributed by atoms with Gasteiger partial charge in [0, 0.05) is 31.4 Å². The fourth-order valence-electron chi connectivity index (χ4n) is 2.98. The van der Waals surface area contributed by atoms with Gasteiger partial charge in [0.2, 0.25) is 0 Å². The monoisotopic (exact) mass is 248 g/mol. The van der Waals surface area contributed by atoms with Gasteiger partial charge in [-0.15, -0.1) is 0 Å². The summed E-state index contributed by atoms with van der Waals surface area (Å²) < 4.78 is 0. The highest BCUT2D eigenvalue weighted by molar-refractivity contribution is 5.60. The normalized spacial score (nSPS) is 25.1. The van der Waals surface area contributed by atoms with Crippen molar-refractivity contribution in [2.45, 2.75) is 39.8 Å². The highest BCUT2D eigenvalue weighted by Crippen LogP contribution is 2.27. The second kappa shape index (κ2) is 5.29. The molecule has 2 unspecified atom stereocenters. The number of hydrogen-bond acceptors (Lipinski definition) is 3. The summed E-state index contributed by atoms with van der Waals surface area (Å²) in [6.07, 6.45) is -0.296. The van der Waals surface area contributed by atoms with E-state index in [0.29, 0.717) is 19.1 Å². The minimum Gasteiger partial charge on any atom is -0.390 e. The van der Waals surface area contributed by atoms with Crippen LogP contribution in [0.4, 0.5) is 5.69 Å². The van der Waals surface area contributed by atoms with Gasteiger partial charge in [0.25, 0.3) is 0 Å². The number of nitrogens with one attached hydrogen (secondary N) is 1. The Morgan fingerprint density at radius 3 is 2.39 bits per heavy atom. The lowest BCUT2D eigenvalue weighted by Crippen LogP contribution is -2.36. The van der Waals surface area contributed by atoms with Crippen molar-refractivity contribution in [3.8, 4) is 0 Å². The van der Waals surface area contributed by atoms with Crippen molar-refractivity contribution >= 4 is 5.69 Å². The lowest BCUT2D eigenvalue weighted by molar-refractivity contribution is 0.183. The molecule has 2 rings (SSSR count). The first-order valence-corrected chi connectivity index (χ1v) is 6.71. The molecule has 1 heterocycles. The van der Waals surface area contributed by atoms with E-state index in [1.165, 1.54) is 22.4 Å². The first kappa shape index (κ1) is 13.4. The van der Waals surface area contributed by atoms with Gasteiger partial charge in [-0.1, -0.05) is 17.7 Å². The molecule has 0 radical (unpaired) electrons. The van der Waals surface area contributed by atoms with Crippen LogP contribution in [0.15, 0.2) is 12.1 Å². The highest BCUT2D eigenvalue weighted by Gasteiger charge is 2.22. The third-order valence-electron chi connectivity index (χ3n) is 3.58. The molecule has 0 saturated carbocycles. The van der Waals surface area contributed by atoms with Gasteiger partial charge >= 0.3 is 0 Å². The maximum absolute atomic E-state index is 9.97. The third-order valence-corrected chi connectivity index (χ3v) is 3.58. The highest BCUT2D eigenvalue weighted by atomic mass is 16.3. The summed E-state index contributed by atoms with van der Waals surface area (Å²) in [6.45, 7) is 11.0. The standard InChI is InChI=1S/C15H24N2O/c1-10-5-11(2)15(12(3)6-10)17-8-13(4)16-7-14(18)9-17/h5-6,13-14,16,18H,7-9H2,1-4H3. The number of rotatable bonds is 1. The van der Waals surface area contributed by atoms with E-state index in [1.807, 2.05) is 0 Å². The number of anilines is 1. The van der Waals surface area contributed by atoms with E-state index in [1.54, 1.807) is 0 Å². The van der Waals surface area contributed by atoms with Gasteiger partial charge in [-0.05, 0) is 38.8 Å². The summed E-state index contributed by atoms with van der Waals surface area (Å²) in [5, 5.41) is 13.3. The topological polar surface area (TPSA) is 35.5 Å². The van der Waals surface area contributed by atoms with Crippen LogP contribution >= 0.6 is 0 Å². The van der Waals surface area contributed by atoms with Crippen LogP contribution in [0.2, 0.25) is 0 Å². The van der Waals surface area contributed by atoms with Crippen LogP contribution < -0.4 is 10.2 Å². The smallest absolute Gasteiger partial charge is 0.0839 e. The molecule has 0 spiro atoms. The fraction of sp³-hybridized carbons (Fsp3) is 0.600. The van der Waals surface area contributed by atoms with E-state index >= 15 is 0 Å². The van der Waals surface area contributed by atoms with E-state index < -0.39 is 0 Å². The summed E-state index contributed by atoms with van der Waals surface area (Å²) in [4.78, 5) is 2.32. The van der Waals surface area contributed by atoms with Gasteiger partial charge in [-0.3, -0.25) is 0 Å². The lowest BCUT2D eigenvalue weighted by atomic mass is 10.0. The Bertz CT molecular complexity index is 395. The van der Waals surface area contributed by atoms with Crippen molar-refractivity contribution in [2.24, 2.45) is 0 Å². The zero-order valence-corrected chi connectivity index (χ0v) is 11.8.